The van der Waals surface area contributed by atoms with Gasteiger partial charge in [-0.15, -0.1) is 0 Å². The van der Waals surface area contributed by atoms with E-state index in [0.717, 1.165) is 6.54 Å². The fourth-order valence-corrected chi connectivity index (χ4v) is 4.62. The number of hydrogen-bond acceptors (Lipinski definition) is 4. The van der Waals surface area contributed by atoms with Crippen molar-refractivity contribution in [2.24, 2.45) is 0 Å². The first-order valence-corrected chi connectivity index (χ1v) is 12.5. The fraction of sp³-hybridized carbons (Fsp3) is 0.571. The van der Waals surface area contributed by atoms with Gasteiger partial charge >= 0.3 is 0 Å². The lowest BCUT2D eigenvalue weighted by Crippen LogP contribution is -2.71. The Morgan fingerprint density at radius 2 is 1.34 bits per heavy atom. The Labute approximate surface area is 194 Å². The first-order valence-electron chi connectivity index (χ1n) is 12.5. The summed E-state index contributed by atoms with van der Waals surface area (Å²) < 4.78 is 12.4. The van der Waals surface area contributed by atoms with E-state index in [2.05, 4.69) is 36.1 Å². The van der Waals surface area contributed by atoms with Crippen LogP contribution in [0.2, 0.25) is 0 Å². The molecule has 0 saturated carbocycles. The number of rotatable bonds is 16. The molecule has 0 spiro atoms. The molecule has 0 radical (unpaired) electrons. The van der Waals surface area contributed by atoms with Crippen LogP contribution in [0.3, 0.4) is 0 Å². The van der Waals surface area contributed by atoms with Crippen molar-refractivity contribution in [2.45, 2.75) is 83.3 Å². The van der Waals surface area contributed by atoms with Crippen LogP contribution in [-0.2, 0) is 22.7 Å². The second-order valence-corrected chi connectivity index (χ2v) is 8.94. The predicted octanol–water partition coefficient (Wildman–Crippen LogP) is 5.58. The van der Waals surface area contributed by atoms with E-state index < -0.39 is 0 Å². The summed E-state index contributed by atoms with van der Waals surface area (Å²) in [6.45, 7) is 5.20. The highest BCUT2D eigenvalue weighted by Gasteiger charge is 2.48. The molecule has 2 aromatic rings. The average Bonchev–Trinajstić information content (AvgIpc) is 2.83. The third-order valence-corrected chi connectivity index (χ3v) is 6.50. The Morgan fingerprint density at radius 3 is 1.97 bits per heavy atom. The minimum absolute atomic E-state index is 0.000494. The topological polar surface area (TPSA) is 41.9 Å². The molecule has 1 aliphatic rings. The molecule has 4 heteroatoms. The molecule has 0 amide bonds. The first kappa shape index (κ1) is 24.9. The van der Waals surface area contributed by atoms with Crippen molar-refractivity contribution in [1.29, 1.82) is 0 Å². The number of hydrogen-bond donors (Lipinski definition) is 1. The van der Waals surface area contributed by atoms with Crippen LogP contribution in [0.15, 0.2) is 60.7 Å². The van der Waals surface area contributed by atoms with Crippen LogP contribution >= 0.6 is 0 Å². The molecule has 0 aromatic heterocycles. The Hall–Kier alpha value is -1.72. The second kappa shape index (κ2) is 14.4. The maximum Gasteiger partial charge on any atom is 0.0934 e. The summed E-state index contributed by atoms with van der Waals surface area (Å²) in [5.74, 6) is 0. The number of likely N-dealkylation sites (tertiary alicyclic amines) is 1. The van der Waals surface area contributed by atoms with Crippen molar-refractivity contribution >= 4 is 0 Å². The Kier molecular flexibility index (Phi) is 11.2. The molecule has 3 rings (SSSR count). The lowest BCUT2D eigenvalue weighted by Gasteiger charge is -2.54. The van der Waals surface area contributed by atoms with Crippen LogP contribution in [0.4, 0.5) is 0 Å². The van der Waals surface area contributed by atoms with Crippen molar-refractivity contribution in [3.63, 3.8) is 0 Å². The number of ether oxygens (including phenoxy) is 2. The summed E-state index contributed by atoms with van der Waals surface area (Å²) in [6, 6.07) is 20.8. The summed E-state index contributed by atoms with van der Waals surface area (Å²) in [7, 11) is 0. The van der Waals surface area contributed by atoms with E-state index in [4.69, 9.17) is 9.47 Å². The van der Waals surface area contributed by atoms with Gasteiger partial charge in [0.25, 0.3) is 0 Å². The quantitative estimate of drug-likeness (QED) is 0.347. The van der Waals surface area contributed by atoms with Gasteiger partial charge in [-0.25, -0.2) is 0 Å². The summed E-state index contributed by atoms with van der Waals surface area (Å²) in [5.41, 5.74) is 2.35. The van der Waals surface area contributed by atoms with Gasteiger partial charge in [0.05, 0.1) is 44.6 Å². The smallest absolute Gasteiger partial charge is 0.0934 e. The van der Waals surface area contributed by atoms with Crippen LogP contribution < -0.4 is 0 Å². The molecule has 1 saturated heterocycles. The van der Waals surface area contributed by atoms with Crippen LogP contribution in [-0.4, -0.2) is 48.0 Å². The van der Waals surface area contributed by atoms with Crippen LogP contribution in [0, 0.1) is 0 Å². The maximum atomic E-state index is 10.1. The van der Waals surface area contributed by atoms with Gasteiger partial charge in [-0.05, 0) is 24.1 Å². The number of aliphatic hydroxyl groups is 1. The molecule has 3 atom stereocenters. The van der Waals surface area contributed by atoms with Gasteiger partial charge in [0.15, 0.2) is 0 Å². The summed E-state index contributed by atoms with van der Waals surface area (Å²) >= 11 is 0. The largest absolute Gasteiger partial charge is 0.395 e. The van der Waals surface area contributed by atoms with Crippen LogP contribution in [0.5, 0.6) is 0 Å². The summed E-state index contributed by atoms with van der Waals surface area (Å²) in [5, 5.41) is 10.1. The molecule has 32 heavy (non-hydrogen) atoms. The van der Waals surface area contributed by atoms with Crippen LogP contribution in [0.1, 0.15) is 63.0 Å². The lowest BCUT2D eigenvalue weighted by molar-refractivity contribution is -0.186. The summed E-state index contributed by atoms with van der Waals surface area (Å²) in [6.07, 6.45) is 9.06. The van der Waals surface area contributed by atoms with E-state index in [1.807, 2.05) is 36.4 Å². The minimum atomic E-state index is 0.000494. The highest BCUT2D eigenvalue weighted by Crippen LogP contribution is 2.31. The zero-order chi connectivity index (χ0) is 22.4. The van der Waals surface area contributed by atoms with Gasteiger partial charge in [0, 0.05) is 0 Å². The first-order chi connectivity index (χ1) is 15.8. The van der Waals surface area contributed by atoms with Gasteiger partial charge in [0.1, 0.15) is 0 Å². The maximum absolute atomic E-state index is 10.1. The minimum Gasteiger partial charge on any atom is -0.395 e. The Bertz CT molecular complexity index is 724. The van der Waals surface area contributed by atoms with Gasteiger partial charge in [-0.2, -0.15) is 0 Å². The van der Waals surface area contributed by atoms with Crippen molar-refractivity contribution in [3.05, 3.63) is 71.8 Å². The van der Waals surface area contributed by atoms with E-state index in [0.29, 0.717) is 19.8 Å². The van der Waals surface area contributed by atoms with E-state index in [1.165, 1.54) is 56.1 Å². The van der Waals surface area contributed by atoms with E-state index in [-0.39, 0.29) is 24.8 Å². The summed E-state index contributed by atoms with van der Waals surface area (Å²) in [4.78, 5) is 2.41. The van der Waals surface area contributed by atoms with Gasteiger partial charge < -0.3 is 14.6 Å². The second-order valence-electron chi connectivity index (χ2n) is 8.94. The zero-order valence-corrected chi connectivity index (χ0v) is 19.7. The standard InChI is InChI=1S/C28H41NO3/c1-2-3-4-5-6-7-14-19-29-26(20-30)28(32-22-25-17-12-9-13-18-25)27(29)23-31-21-24-15-10-8-11-16-24/h8-13,15-18,26-28,30H,2-7,14,19-23H2,1H3/t26-,27-,28+/m1/s1. The normalized spacial score (nSPS) is 20.9. The molecular formula is C28H41NO3. The Balaban J connectivity index is 1.50. The molecule has 1 heterocycles. The number of aliphatic hydroxyl groups excluding tert-OH is 1. The molecule has 2 aromatic carbocycles. The molecule has 0 bridgehead atoms. The van der Waals surface area contributed by atoms with Gasteiger partial charge in [-0.1, -0.05) is 106 Å². The van der Waals surface area contributed by atoms with E-state index in [9.17, 15) is 5.11 Å². The third kappa shape index (κ3) is 7.70. The van der Waals surface area contributed by atoms with Gasteiger partial charge in [-0.3, -0.25) is 4.90 Å². The van der Waals surface area contributed by atoms with E-state index >= 15 is 0 Å². The highest BCUT2D eigenvalue weighted by atomic mass is 16.5. The lowest BCUT2D eigenvalue weighted by atomic mass is 9.89. The SMILES string of the molecule is CCCCCCCCCN1[C@H](CO)[C@H](OCc2ccccc2)[C@H]1COCc1ccccc1. The number of unbranched alkanes of at least 4 members (excludes halogenated alkanes) is 6. The fourth-order valence-electron chi connectivity index (χ4n) is 4.62. The average molecular weight is 440 g/mol. The molecule has 4 nitrogen and oxygen atoms in total. The molecule has 1 aliphatic heterocycles. The van der Waals surface area contributed by atoms with Crippen molar-refractivity contribution in [1.82, 2.24) is 4.90 Å². The molecule has 0 aliphatic carbocycles. The zero-order valence-electron chi connectivity index (χ0n) is 19.7. The number of nitrogens with zero attached hydrogens (tertiary/aromatic N) is 1. The molecule has 176 valence electrons. The van der Waals surface area contributed by atoms with E-state index in [1.54, 1.807) is 0 Å². The predicted molar refractivity (Wildman–Crippen MR) is 130 cm³/mol. The highest BCUT2D eigenvalue weighted by molar-refractivity contribution is 5.15. The Morgan fingerprint density at radius 1 is 0.750 bits per heavy atom. The molecule has 1 N–H and O–H groups in total. The third-order valence-electron chi connectivity index (χ3n) is 6.50. The molecular weight excluding hydrogens is 398 g/mol. The van der Waals surface area contributed by atoms with Crippen molar-refractivity contribution < 1.29 is 14.6 Å². The van der Waals surface area contributed by atoms with Crippen molar-refractivity contribution in [2.75, 3.05) is 19.8 Å². The van der Waals surface area contributed by atoms with Crippen molar-refractivity contribution in [3.8, 4) is 0 Å². The molecule has 1 fully saturated rings. The molecule has 0 unspecified atom stereocenters. The monoisotopic (exact) mass is 439 g/mol. The van der Waals surface area contributed by atoms with Gasteiger partial charge in [0.2, 0.25) is 0 Å². The number of benzene rings is 2. The van der Waals surface area contributed by atoms with Crippen LogP contribution in [0.25, 0.3) is 0 Å².